The van der Waals surface area contributed by atoms with Gasteiger partial charge in [-0.3, -0.25) is 0 Å². The summed E-state index contributed by atoms with van der Waals surface area (Å²) >= 11 is 0. The quantitative estimate of drug-likeness (QED) is 0.533. The molecular formula is C8H5FO3S. The number of halogens is 1. The smallest absolute Gasteiger partial charge is 0.358 e. The van der Waals surface area contributed by atoms with Gasteiger partial charge in [0.1, 0.15) is 5.75 Å². The molecule has 0 aliphatic rings. The average molecular weight is 200 g/mol. The molecule has 0 radical (unpaired) electrons. The number of rotatable bonds is 2. The van der Waals surface area contributed by atoms with Crippen LogP contribution in [0.25, 0.3) is 0 Å². The van der Waals surface area contributed by atoms with Gasteiger partial charge in [0.25, 0.3) is 0 Å². The summed E-state index contributed by atoms with van der Waals surface area (Å²) in [5.41, 5.74) is 0.418. The summed E-state index contributed by atoms with van der Waals surface area (Å²) in [5.74, 6) is 2.12. The molecule has 1 rings (SSSR count). The predicted molar refractivity (Wildman–Crippen MR) is 45.0 cm³/mol. The molecule has 0 saturated heterocycles. The fourth-order valence-corrected chi connectivity index (χ4v) is 1.09. The molecule has 3 nitrogen and oxygen atoms in total. The molecule has 0 aliphatic heterocycles. The lowest BCUT2D eigenvalue weighted by molar-refractivity contribution is 0.440. The third kappa shape index (κ3) is 3.13. The molecule has 68 valence electrons. The van der Waals surface area contributed by atoms with E-state index in [1.807, 2.05) is 0 Å². The van der Waals surface area contributed by atoms with E-state index in [1.165, 1.54) is 18.2 Å². The third-order valence-corrected chi connectivity index (χ3v) is 1.59. The highest BCUT2D eigenvalue weighted by Gasteiger charge is 2.08. The van der Waals surface area contributed by atoms with Gasteiger partial charge in [-0.25, -0.2) is 0 Å². The van der Waals surface area contributed by atoms with Gasteiger partial charge in [0.05, 0.1) is 0 Å². The molecule has 5 heteroatoms. The van der Waals surface area contributed by atoms with Crippen molar-refractivity contribution >= 4 is 10.5 Å². The van der Waals surface area contributed by atoms with Crippen molar-refractivity contribution in [3.63, 3.8) is 0 Å². The minimum Gasteiger partial charge on any atom is -0.358 e. The van der Waals surface area contributed by atoms with E-state index < -0.39 is 10.5 Å². The van der Waals surface area contributed by atoms with Crippen molar-refractivity contribution in [1.82, 2.24) is 0 Å². The van der Waals surface area contributed by atoms with Crippen LogP contribution in [0, 0.1) is 12.3 Å². The Kier molecular flexibility index (Phi) is 2.54. The van der Waals surface area contributed by atoms with Gasteiger partial charge in [-0.1, -0.05) is 15.9 Å². The molecule has 0 unspecified atom stereocenters. The molecule has 13 heavy (non-hydrogen) atoms. The SMILES string of the molecule is C#Cc1cccc(OS(=O)(=O)F)c1. The second kappa shape index (κ2) is 3.46. The fraction of sp³-hybridized carbons (Fsp3) is 0. The van der Waals surface area contributed by atoms with E-state index in [2.05, 4.69) is 10.1 Å². The Hall–Kier alpha value is -1.54. The van der Waals surface area contributed by atoms with Crippen LogP contribution in [0.5, 0.6) is 5.75 Å². The Labute approximate surface area is 75.6 Å². The van der Waals surface area contributed by atoms with Crippen molar-refractivity contribution in [2.24, 2.45) is 0 Å². The van der Waals surface area contributed by atoms with Gasteiger partial charge < -0.3 is 4.18 Å². The first kappa shape index (κ1) is 9.55. The zero-order valence-corrected chi connectivity index (χ0v) is 7.21. The summed E-state index contributed by atoms with van der Waals surface area (Å²) in [6.07, 6.45) is 5.03. The van der Waals surface area contributed by atoms with Gasteiger partial charge in [0, 0.05) is 5.56 Å². The molecule has 0 aliphatic carbocycles. The van der Waals surface area contributed by atoms with E-state index in [0.717, 1.165) is 0 Å². The summed E-state index contributed by atoms with van der Waals surface area (Å²) in [6, 6.07) is 5.57. The molecule has 0 N–H and O–H groups in total. The van der Waals surface area contributed by atoms with Crippen LogP contribution in [0.3, 0.4) is 0 Å². The topological polar surface area (TPSA) is 43.4 Å². The van der Waals surface area contributed by atoms with Crippen LogP contribution in [0.4, 0.5) is 3.89 Å². The normalized spacial score (nSPS) is 10.5. The lowest BCUT2D eigenvalue weighted by Crippen LogP contribution is -2.00. The highest BCUT2D eigenvalue weighted by Crippen LogP contribution is 2.14. The van der Waals surface area contributed by atoms with Crippen LogP contribution in [0.1, 0.15) is 5.56 Å². The van der Waals surface area contributed by atoms with Crippen LogP contribution in [0.2, 0.25) is 0 Å². The summed E-state index contributed by atoms with van der Waals surface area (Å²) < 4.78 is 36.1. The average Bonchev–Trinajstić information content (AvgIpc) is 2.01. The number of hydrogen-bond acceptors (Lipinski definition) is 3. The van der Waals surface area contributed by atoms with Crippen molar-refractivity contribution in [1.29, 1.82) is 0 Å². The fourth-order valence-electron chi connectivity index (χ4n) is 0.753. The molecule has 1 aromatic carbocycles. The van der Waals surface area contributed by atoms with Gasteiger partial charge >= 0.3 is 10.5 Å². The van der Waals surface area contributed by atoms with Crippen LogP contribution < -0.4 is 4.18 Å². The van der Waals surface area contributed by atoms with Gasteiger partial charge in [0.15, 0.2) is 0 Å². The zero-order valence-electron chi connectivity index (χ0n) is 6.40. The van der Waals surface area contributed by atoms with Crippen LogP contribution in [-0.2, 0) is 10.5 Å². The summed E-state index contributed by atoms with van der Waals surface area (Å²) in [6.45, 7) is 0. The van der Waals surface area contributed by atoms with Crippen molar-refractivity contribution in [2.75, 3.05) is 0 Å². The van der Waals surface area contributed by atoms with E-state index >= 15 is 0 Å². The van der Waals surface area contributed by atoms with Gasteiger partial charge in [0.2, 0.25) is 0 Å². The highest BCUT2D eigenvalue weighted by atomic mass is 32.3. The second-order valence-corrected chi connectivity index (χ2v) is 3.10. The summed E-state index contributed by atoms with van der Waals surface area (Å²) in [4.78, 5) is 0. The number of hydrogen-bond donors (Lipinski definition) is 0. The lowest BCUT2D eigenvalue weighted by Gasteiger charge is -1.99. The maximum absolute atomic E-state index is 12.0. The van der Waals surface area contributed by atoms with Crippen LogP contribution in [-0.4, -0.2) is 8.42 Å². The van der Waals surface area contributed by atoms with Crippen LogP contribution >= 0.6 is 0 Å². The minimum absolute atomic E-state index is 0.141. The summed E-state index contributed by atoms with van der Waals surface area (Å²) in [5, 5.41) is 0. The first-order valence-corrected chi connectivity index (χ1v) is 4.53. The summed E-state index contributed by atoms with van der Waals surface area (Å²) in [7, 11) is -4.97. The molecule has 0 spiro atoms. The Morgan fingerprint density at radius 1 is 1.46 bits per heavy atom. The van der Waals surface area contributed by atoms with E-state index in [4.69, 9.17) is 6.42 Å². The molecule has 0 atom stereocenters. The van der Waals surface area contributed by atoms with Crippen molar-refractivity contribution in [2.45, 2.75) is 0 Å². The van der Waals surface area contributed by atoms with E-state index in [-0.39, 0.29) is 5.75 Å². The van der Waals surface area contributed by atoms with E-state index in [0.29, 0.717) is 5.56 Å². The Morgan fingerprint density at radius 2 is 2.15 bits per heavy atom. The molecule has 0 bridgehead atoms. The Morgan fingerprint density at radius 3 is 2.69 bits per heavy atom. The molecular weight excluding hydrogens is 195 g/mol. The maximum atomic E-state index is 12.0. The van der Waals surface area contributed by atoms with Crippen molar-refractivity contribution < 1.29 is 16.5 Å². The number of terminal acetylenes is 1. The standard InChI is InChI=1S/C8H5FO3S/c1-2-7-4-3-5-8(6-7)12-13(9,10)11/h1,3-6H. The van der Waals surface area contributed by atoms with E-state index in [9.17, 15) is 12.3 Å². The first-order valence-electron chi connectivity index (χ1n) is 3.22. The number of benzene rings is 1. The molecule has 0 heterocycles. The molecule has 0 fully saturated rings. The predicted octanol–water partition coefficient (Wildman–Crippen LogP) is 1.26. The maximum Gasteiger partial charge on any atom is 0.488 e. The molecule has 0 amide bonds. The van der Waals surface area contributed by atoms with Crippen LogP contribution in [0.15, 0.2) is 24.3 Å². The largest absolute Gasteiger partial charge is 0.488 e. The molecule has 0 saturated carbocycles. The van der Waals surface area contributed by atoms with Gasteiger partial charge in [-0.05, 0) is 18.2 Å². The first-order chi connectivity index (χ1) is 6.01. The third-order valence-electron chi connectivity index (χ3n) is 1.20. The minimum atomic E-state index is -4.97. The molecule has 1 aromatic rings. The lowest BCUT2D eigenvalue weighted by atomic mass is 10.2. The zero-order chi connectivity index (χ0) is 9.90. The van der Waals surface area contributed by atoms with Crippen molar-refractivity contribution in [3.05, 3.63) is 29.8 Å². The Bertz CT molecular complexity index is 445. The van der Waals surface area contributed by atoms with Gasteiger partial charge in [-0.15, -0.1) is 6.42 Å². The second-order valence-electron chi connectivity index (χ2n) is 2.15. The van der Waals surface area contributed by atoms with Gasteiger partial charge in [-0.2, -0.15) is 8.42 Å². The Balaban J connectivity index is 2.99. The molecule has 0 aromatic heterocycles. The highest BCUT2D eigenvalue weighted by molar-refractivity contribution is 7.81. The van der Waals surface area contributed by atoms with Crippen molar-refractivity contribution in [3.8, 4) is 18.1 Å². The monoisotopic (exact) mass is 200 g/mol. The van der Waals surface area contributed by atoms with E-state index in [1.54, 1.807) is 6.07 Å².